The van der Waals surface area contributed by atoms with E-state index in [1.807, 2.05) is 12.1 Å². The molecule has 0 bridgehead atoms. The molecule has 134 valence electrons. The van der Waals surface area contributed by atoms with Crippen LogP contribution >= 0.6 is 0 Å². The molecule has 2 aromatic rings. The molecule has 0 aliphatic carbocycles. The van der Waals surface area contributed by atoms with Crippen molar-refractivity contribution >= 4 is 11.8 Å². The molecule has 2 amide bonds. The van der Waals surface area contributed by atoms with E-state index in [0.717, 1.165) is 5.56 Å². The van der Waals surface area contributed by atoms with E-state index in [-0.39, 0.29) is 24.9 Å². The Morgan fingerprint density at radius 2 is 1.77 bits per heavy atom. The predicted molar refractivity (Wildman–Crippen MR) is 94.9 cm³/mol. The van der Waals surface area contributed by atoms with Crippen LogP contribution in [-0.4, -0.2) is 32.6 Å². The van der Waals surface area contributed by atoms with Gasteiger partial charge in [0.25, 0.3) is 5.91 Å². The summed E-state index contributed by atoms with van der Waals surface area (Å²) >= 11 is 0. The molecule has 7 heteroatoms. The smallest absolute Gasteiger partial charge is 0.251 e. The van der Waals surface area contributed by atoms with E-state index in [2.05, 4.69) is 10.6 Å². The summed E-state index contributed by atoms with van der Waals surface area (Å²) in [6, 6.07) is 13.5. The van der Waals surface area contributed by atoms with Crippen LogP contribution in [0.3, 0.4) is 0 Å². The summed E-state index contributed by atoms with van der Waals surface area (Å²) in [4.78, 5) is 24.0. The Bertz CT molecular complexity index is 826. The lowest BCUT2D eigenvalue weighted by Crippen LogP contribution is -2.36. The molecule has 0 radical (unpaired) electrons. The predicted octanol–water partition coefficient (Wildman–Crippen LogP) is 1.62. The van der Waals surface area contributed by atoms with Gasteiger partial charge >= 0.3 is 0 Å². The molecule has 26 heavy (non-hydrogen) atoms. The van der Waals surface area contributed by atoms with E-state index >= 15 is 0 Å². The van der Waals surface area contributed by atoms with Crippen molar-refractivity contribution in [1.82, 2.24) is 10.6 Å². The number of methoxy groups -OCH3 is 2. The largest absolute Gasteiger partial charge is 0.493 e. The molecule has 0 aromatic heterocycles. The van der Waals surface area contributed by atoms with Gasteiger partial charge in [-0.25, -0.2) is 0 Å². The van der Waals surface area contributed by atoms with Crippen molar-refractivity contribution in [2.45, 2.75) is 6.54 Å². The minimum atomic E-state index is -0.386. The van der Waals surface area contributed by atoms with Gasteiger partial charge in [0.15, 0.2) is 11.5 Å². The molecule has 0 unspecified atom stereocenters. The zero-order chi connectivity index (χ0) is 18.9. The van der Waals surface area contributed by atoms with E-state index in [1.165, 1.54) is 19.2 Å². The minimum Gasteiger partial charge on any atom is -0.493 e. The van der Waals surface area contributed by atoms with Gasteiger partial charge in [-0.15, -0.1) is 0 Å². The summed E-state index contributed by atoms with van der Waals surface area (Å²) in [5.41, 5.74) is 1.61. The van der Waals surface area contributed by atoms with E-state index in [1.54, 1.807) is 31.4 Å². The molecule has 0 fully saturated rings. The topological polar surface area (TPSA) is 100 Å². The van der Waals surface area contributed by atoms with Gasteiger partial charge in [0.05, 0.1) is 32.4 Å². The van der Waals surface area contributed by atoms with Crippen LogP contribution in [0.2, 0.25) is 0 Å². The second-order valence-electron chi connectivity index (χ2n) is 5.30. The lowest BCUT2D eigenvalue weighted by atomic mass is 10.1. The number of carbonyl (C=O) groups is 2. The van der Waals surface area contributed by atoms with Gasteiger partial charge in [-0.1, -0.05) is 12.1 Å². The van der Waals surface area contributed by atoms with Crippen LogP contribution in [0.5, 0.6) is 11.5 Å². The first-order valence-electron chi connectivity index (χ1n) is 7.84. The highest BCUT2D eigenvalue weighted by Crippen LogP contribution is 2.30. The Morgan fingerprint density at radius 3 is 2.38 bits per heavy atom. The number of hydrogen-bond acceptors (Lipinski definition) is 5. The summed E-state index contributed by atoms with van der Waals surface area (Å²) in [6.45, 7) is 0.0804. The van der Waals surface area contributed by atoms with Crippen molar-refractivity contribution in [2.24, 2.45) is 0 Å². The number of nitrogens with zero attached hydrogens (tertiary/aromatic N) is 1. The first kappa shape index (κ1) is 18.8. The maximum atomic E-state index is 12.0. The van der Waals surface area contributed by atoms with Crippen LogP contribution in [0.25, 0.3) is 0 Å². The zero-order valence-corrected chi connectivity index (χ0v) is 14.5. The average molecular weight is 353 g/mol. The summed E-state index contributed by atoms with van der Waals surface area (Å²) in [7, 11) is 3.07. The number of carbonyl (C=O) groups excluding carboxylic acids is 2. The lowest BCUT2D eigenvalue weighted by molar-refractivity contribution is -0.120. The summed E-state index contributed by atoms with van der Waals surface area (Å²) in [5, 5.41) is 14.0. The van der Waals surface area contributed by atoms with Crippen LogP contribution in [-0.2, 0) is 11.3 Å². The monoisotopic (exact) mass is 353 g/mol. The molecular weight excluding hydrogens is 334 g/mol. The molecule has 2 aromatic carbocycles. The summed E-state index contributed by atoms with van der Waals surface area (Å²) in [6.07, 6.45) is 0. The molecular formula is C19H19N3O4. The van der Waals surface area contributed by atoms with E-state index < -0.39 is 0 Å². The summed E-state index contributed by atoms with van der Waals surface area (Å²) < 4.78 is 10.5. The Hall–Kier alpha value is -3.53. The quantitative estimate of drug-likeness (QED) is 0.788. The third-order valence-electron chi connectivity index (χ3n) is 3.65. The fourth-order valence-corrected chi connectivity index (χ4v) is 2.31. The van der Waals surface area contributed by atoms with Crippen molar-refractivity contribution < 1.29 is 19.1 Å². The molecule has 0 saturated carbocycles. The van der Waals surface area contributed by atoms with Gasteiger partial charge < -0.3 is 20.1 Å². The second kappa shape index (κ2) is 9.08. The van der Waals surface area contributed by atoms with Gasteiger partial charge in [-0.2, -0.15) is 5.26 Å². The fourth-order valence-electron chi connectivity index (χ4n) is 2.31. The number of benzene rings is 2. The van der Waals surface area contributed by atoms with Crippen LogP contribution < -0.4 is 20.1 Å². The first-order valence-corrected chi connectivity index (χ1v) is 7.84. The van der Waals surface area contributed by atoms with Gasteiger partial charge in [0.1, 0.15) is 0 Å². The maximum Gasteiger partial charge on any atom is 0.251 e. The van der Waals surface area contributed by atoms with Crippen molar-refractivity contribution in [3.8, 4) is 17.6 Å². The molecule has 0 aliphatic rings. The molecule has 7 nitrogen and oxygen atoms in total. The van der Waals surface area contributed by atoms with Crippen LogP contribution in [0, 0.1) is 11.3 Å². The summed E-state index contributed by atoms with van der Waals surface area (Å²) in [5.74, 6) is 0.408. The highest BCUT2D eigenvalue weighted by Gasteiger charge is 2.11. The van der Waals surface area contributed by atoms with Gasteiger partial charge in [0.2, 0.25) is 5.91 Å². The molecule has 0 heterocycles. The normalized spacial score (nSPS) is 9.73. The molecule has 0 spiro atoms. The molecule has 2 rings (SSSR count). The Balaban J connectivity index is 1.87. The highest BCUT2D eigenvalue weighted by atomic mass is 16.5. The van der Waals surface area contributed by atoms with Crippen LogP contribution in [0.15, 0.2) is 42.5 Å². The third kappa shape index (κ3) is 4.74. The fraction of sp³-hybridized carbons (Fsp3) is 0.211. The molecule has 0 aliphatic heterocycles. The number of nitrogens with one attached hydrogen (secondary N) is 2. The Kier molecular flexibility index (Phi) is 6.57. The standard InChI is InChI=1S/C19H19N3O4/c1-25-16-5-3-4-15(18(16)26-2)11-21-17(23)12-22-19(24)14-8-6-13(10-20)7-9-14/h3-9H,11-12H2,1-2H3,(H,21,23)(H,22,24). The van der Waals surface area contributed by atoms with Gasteiger partial charge in [0, 0.05) is 17.7 Å². The van der Waals surface area contributed by atoms with Gasteiger partial charge in [-0.05, 0) is 30.3 Å². The molecule has 2 N–H and O–H groups in total. The Morgan fingerprint density at radius 1 is 1.04 bits per heavy atom. The van der Waals surface area contributed by atoms with Gasteiger partial charge in [-0.3, -0.25) is 9.59 Å². The number of ether oxygens (including phenoxy) is 2. The second-order valence-corrected chi connectivity index (χ2v) is 5.30. The number of amides is 2. The number of para-hydroxylation sites is 1. The molecule has 0 saturated heterocycles. The lowest BCUT2D eigenvalue weighted by Gasteiger charge is -2.13. The van der Waals surface area contributed by atoms with Crippen LogP contribution in [0.1, 0.15) is 21.5 Å². The third-order valence-corrected chi connectivity index (χ3v) is 3.65. The van der Waals surface area contributed by atoms with Crippen molar-refractivity contribution in [3.63, 3.8) is 0 Å². The van der Waals surface area contributed by atoms with Crippen molar-refractivity contribution in [3.05, 3.63) is 59.2 Å². The van der Waals surface area contributed by atoms with Crippen molar-refractivity contribution in [2.75, 3.05) is 20.8 Å². The minimum absolute atomic E-state index is 0.162. The molecule has 0 atom stereocenters. The van der Waals surface area contributed by atoms with E-state index in [4.69, 9.17) is 14.7 Å². The van der Waals surface area contributed by atoms with Crippen LogP contribution in [0.4, 0.5) is 0 Å². The number of hydrogen-bond donors (Lipinski definition) is 2. The zero-order valence-electron chi connectivity index (χ0n) is 14.5. The first-order chi connectivity index (χ1) is 12.6. The average Bonchev–Trinajstić information content (AvgIpc) is 2.69. The highest BCUT2D eigenvalue weighted by molar-refractivity contribution is 5.96. The van der Waals surface area contributed by atoms with E-state index in [0.29, 0.717) is 22.6 Å². The van der Waals surface area contributed by atoms with Crippen molar-refractivity contribution in [1.29, 1.82) is 5.26 Å². The number of rotatable bonds is 7. The number of nitriles is 1. The maximum absolute atomic E-state index is 12.0. The van der Waals surface area contributed by atoms with E-state index in [9.17, 15) is 9.59 Å². The Labute approximate surface area is 151 Å². The SMILES string of the molecule is COc1cccc(CNC(=O)CNC(=O)c2ccc(C#N)cc2)c1OC.